The fourth-order valence-corrected chi connectivity index (χ4v) is 5.36. The van der Waals surface area contributed by atoms with Gasteiger partial charge in [-0.2, -0.15) is 0 Å². The van der Waals surface area contributed by atoms with E-state index in [9.17, 15) is 14.4 Å². The number of rotatable bonds is 8. The summed E-state index contributed by atoms with van der Waals surface area (Å²) in [6.45, 7) is 10.3. The summed E-state index contributed by atoms with van der Waals surface area (Å²) in [4.78, 5) is 45.5. The zero-order valence-electron chi connectivity index (χ0n) is 23.0. The number of aromatic nitrogens is 1. The van der Waals surface area contributed by atoms with Crippen LogP contribution in [0.3, 0.4) is 0 Å². The SMILES string of the molecule is CC(=O)C[C@H](NC(=O)[C@H](c1ccc(C)cc1)N1CC(C)CCC1=O)c1cncc(-c2c(C)cccc2C)c1. The minimum Gasteiger partial charge on any atom is -0.347 e. The summed E-state index contributed by atoms with van der Waals surface area (Å²) in [6, 6.07) is 14.6. The highest BCUT2D eigenvalue weighted by Gasteiger charge is 2.36. The lowest BCUT2D eigenvalue weighted by Gasteiger charge is -2.37. The Morgan fingerprint density at radius 1 is 1.03 bits per heavy atom. The molecule has 1 N–H and O–H groups in total. The van der Waals surface area contributed by atoms with Crippen molar-refractivity contribution in [3.8, 4) is 11.1 Å². The van der Waals surface area contributed by atoms with Gasteiger partial charge in [0.2, 0.25) is 11.8 Å². The molecule has 1 saturated heterocycles. The number of likely N-dealkylation sites (tertiary alicyclic amines) is 1. The monoisotopic (exact) mass is 511 g/mol. The number of hydrogen-bond donors (Lipinski definition) is 1. The molecule has 1 aromatic heterocycles. The van der Waals surface area contributed by atoms with Gasteiger partial charge in [-0.1, -0.05) is 55.0 Å². The maximum atomic E-state index is 14.0. The maximum Gasteiger partial charge on any atom is 0.247 e. The molecule has 0 spiro atoms. The van der Waals surface area contributed by atoms with Gasteiger partial charge in [-0.15, -0.1) is 0 Å². The van der Waals surface area contributed by atoms with Crippen LogP contribution in [0.2, 0.25) is 0 Å². The van der Waals surface area contributed by atoms with Gasteiger partial charge in [0.15, 0.2) is 0 Å². The largest absolute Gasteiger partial charge is 0.347 e. The molecule has 38 heavy (non-hydrogen) atoms. The van der Waals surface area contributed by atoms with E-state index in [1.54, 1.807) is 11.1 Å². The predicted molar refractivity (Wildman–Crippen MR) is 149 cm³/mol. The number of piperidine rings is 1. The zero-order valence-corrected chi connectivity index (χ0v) is 23.0. The van der Waals surface area contributed by atoms with E-state index in [2.05, 4.69) is 43.2 Å². The molecule has 2 aromatic carbocycles. The lowest BCUT2D eigenvalue weighted by molar-refractivity contribution is -0.144. The van der Waals surface area contributed by atoms with E-state index in [0.717, 1.165) is 45.4 Å². The number of Topliss-reactive ketones (excluding diaryl/α,β-unsaturated/α-hetero) is 1. The molecule has 0 aliphatic carbocycles. The van der Waals surface area contributed by atoms with Crippen molar-refractivity contribution >= 4 is 17.6 Å². The topological polar surface area (TPSA) is 79.4 Å². The van der Waals surface area contributed by atoms with E-state index in [4.69, 9.17) is 0 Å². The summed E-state index contributed by atoms with van der Waals surface area (Å²) in [5.41, 5.74) is 6.90. The normalized spacial score (nSPS) is 17.1. The number of nitrogens with zero attached hydrogens (tertiary/aromatic N) is 2. The molecule has 3 aromatic rings. The first-order valence-corrected chi connectivity index (χ1v) is 13.3. The van der Waals surface area contributed by atoms with Gasteiger partial charge in [0.25, 0.3) is 0 Å². The second-order valence-corrected chi connectivity index (χ2v) is 10.7. The fraction of sp³-hybridized carbons (Fsp3) is 0.375. The Morgan fingerprint density at radius 3 is 2.37 bits per heavy atom. The highest BCUT2D eigenvalue weighted by molar-refractivity contribution is 5.90. The van der Waals surface area contributed by atoms with Crippen molar-refractivity contribution in [1.82, 2.24) is 15.2 Å². The van der Waals surface area contributed by atoms with E-state index < -0.39 is 12.1 Å². The van der Waals surface area contributed by atoms with Crippen molar-refractivity contribution in [1.29, 1.82) is 0 Å². The third-order valence-electron chi connectivity index (χ3n) is 7.37. The average molecular weight is 512 g/mol. The lowest BCUT2D eigenvalue weighted by Crippen LogP contribution is -2.48. The molecular formula is C32H37N3O3. The molecule has 198 valence electrons. The summed E-state index contributed by atoms with van der Waals surface area (Å²) in [6.07, 6.45) is 4.90. The van der Waals surface area contributed by atoms with E-state index >= 15 is 0 Å². The third-order valence-corrected chi connectivity index (χ3v) is 7.37. The van der Waals surface area contributed by atoms with Crippen LogP contribution in [0.25, 0.3) is 11.1 Å². The van der Waals surface area contributed by atoms with Gasteiger partial charge in [-0.3, -0.25) is 19.4 Å². The van der Waals surface area contributed by atoms with Crippen molar-refractivity contribution in [2.24, 2.45) is 5.92 Å². The van der Waals surface area contributed by atoms with Crippen LogP contribution in [-0.2, 0) is 14.4 Å². The number of aryl methyl sites for hydroxylation is 3. The van der Waals surface area contributed by atoms with E-state index in [1.807, 2.05) is 49.5 Å². The molecule has 1 aliphatic rings. The zero-order chi connectivity index (χ0) is 27.4. The van der Waals surface area contributed by atoms with E-state index in [0.29, 0.717) is 18.9 Å². The highest BCUT2D eigenvalue weighted by Crippen LogP contribution is 2.32. The van der Waals surface area contributed by atoms with Gasteiger partial charge >= 0.3 is 0 Å². The minimum atomic E-state index is -0.768. The smallest absolute Gasteiger partial charge is 0.247 e. The molecule has 4 rings (SSSR count). The van der Waals surface area contributed by atoms with Gasteiger partial charge in [-0.25, -0.2) is 0 Å². The van der Waals surface area contributed by atoms with Crippen LogP contribution in [0.4, 0.5) is 0 Å². The average Bonchev–Trinajstić information content (AvgIpc) is 2.87. The summed E-state index contributed by atoms with van der Waals surface area (Å²) in [7, 11) is 0. The quantitative estimate of drug-likeness (QED) is 0.414. The number of amides is 2. The van der Waals surface area contributed by atoms with Crippen LogP contribution in [0, 0.1) is 26.7 Å². The molecule has 2 heterocycles. The number of benzene rings is 2. The maximum absolute atomic E-state index is 14.0. The Labute approximate surface area is 225 Å². The van der Waals surface area contributed by atoms with Crippen LogP contribution in [0.15, 0.2) is 60.9 Å². The van der Waals surface area contributed by atoms with Crippen LogP contribution in [0.5, 0.6) is 0 Å². The second kappa shape index (κ2) is 11.7. The first-order chi connectivity index (χ1) is 18.1. The Morgan fingerprint density at radius 2 is 1.71 bits per heavy atom. The first-order valence-electron chi connectivity index (χ1n) is 13.3. The number of pyridine rings is 1. The molecule has 1 unspecified atom stereocenters. The molecule has 0 radical (unpaired) electrons. The fourth-order valence-electron chi connectivity index (χ4n) is 5.36. The number of ketones is 1. The summed E-state index contributed by atoms with van der Waals surface area (Å²) >= 11 is 0. The number of nitrogens with one attached hydrogen (secondary N) is 1. The summed E-state index contributed by atoms with van der Waals surface area (Å²) < 4.78 is 0. The predicted octanol–water partition coefficient (Wildman–Crippen LogP) is 5.81. The Kier molecular flexibility index (Phi) is 8.40. The summed E-state index contributed by atoms with van der Waals surface area (Å²) in [5.74, 6) is -0.0484. The van der Waals surface area contributed by atoms with E-state index in [1.165, 1.54) is 6.92 Å². The standard InChI is InChI=1S/C32H37N3O3/c1-20-9-12-25(13-10-20)31(35-19-21(2)11-14-29(35)37)32(38)34-28(15-24(5)36)26-16-27(18-33-17-26)30-22(3)7-6-8-23(30)4/h6-10,12-13,16-18,21,28,31H,11,14-15,19H2,1-5H3,(H,34,38)/t21?,28-,31-/m0/s1. The van der Waals surface area contributed by atoms with Crippen molar-refractivity contribution in [3.63, 3.8) is 0 Å². The second-order valence-electron chi connectivity index (χ2n) is 10.7. The van der Waals surface area contributed by atoms with Crippen molar-refractivity contribution in [3.05, 3.63) is 88.7 Å². The van der Waals surface area contributed by atoms with Crippen molar-refractivity contribution in [2.75, 3.05) is 6.54 Å². The molecule has 6 nitrogen and oxygen atoms in total. The molecule has 0 saturated carbocycles. The Balaban J connectivity index is 1.70. The van der Waals surface area contributed by atoms with Gasteiger partial charge in [0.1, 0.15) is 11.8 Å². The van der Waals surface area contributed by atoms with Crippen molar-refractivity contribution in [2.45, 2.75) is 66.0 Å². The molecule has 0 bridgehead atoms. The molecule has 1 fully saturated rings. The lowest BCUT2D eigenvalue weighted by atomic mass is 9.93. The number of carbonyl (C=O) groups excluding carboxylic acids is 3. The molecule has 2 amide bonds. The van der Waals surface area contributed by atoms with Gasteiger partial charge in [0, 0.05) is 37.3 Å². The van der Waals surface area contributed by atoms with Crippen LogP contribution >= 0.6 is 0 Å². The summed E-state index contributed by atoms with van der Waals surface area (Å²) in [5, 5.41) is 3.12. The Hall–Kier alpha value is -3.80. The van der Waals surface area contributed by atoms with Gasteiger partial charge in [0.05, 0.1) is 6.04 Å². The van der Waals surface area contributed by atoms with E-state index in [-0.39, 0.29) is 24.0 Å². The minimum absolute atomic E-state index is 0.0226. The highest BCUT2D eigenvalue weighted by atomic mass is 16.2. The molecular weight excluding hydrogens is 474 g/mol. The van der Waals surface area contributed by atoms with Crippen LogP contribution in [-0.4, -0.2) is 34.0 Å². The van der Waals surface area contributed by atoms with Gasteiger partial charge < -0.3 is 10.2 Å². The molecule has 1 aliphatic heterocycles. The van der Waals surface area contributed by atoms with Crippen LogP contribution < -0.4 is 5.32 Å². The Bertz CT molecular complexity index is 1310. The molecule has 6 heteroatoms. The van der Waals surface area contributed by atoms with Crippen molar-refractivity contribution < 1.29 is 14.4 Å². The van der Waals surface area contributed by atoms with Gasteiger partial charge in [-0.05, 0) is 73.9 Å². The third kappa shape index (κ3) is 6.18. The number of carbonyl (C=O) groups is 3. The number of hydrogen-bond acceptors (Lipinski definition) is 4. The first kappa shape index (κ1) is 27.2. The molecule has 3 atom stereocenters. The van der Waals surface area contributed by atoms with Crippen LogP contribution in [0.1, 0.15) is 73.0 Å².